The number of allylic oxidation sites excluding steroid dienone is 2. The van der Waals surface area contributed by atoms with Gasteiger partial charge in [-0.15, -0.1) is 0 Å². The van der Waals surface area contributed by atoms with Gasteiger partial charge in [-0.3, -0.25) is 4.79 Å². The summed E-state index contributed by atoms with van der Waals surface area (Å²) in [5.41, 5.74) is 0.636. The van der Waals surface area contributed by atoms with Gasteiger partial charge in [0.15, 0.2) is 0 Å². The van der Waals surface area contributed by atoms with E-state index in [1.54, 1.807) is 19.9 Å². The fourth-order valence-corrected chi connectivity index (χ4v) is 3.44. The Labute approximate surface area is 144 Å². The Bertz CT molecular complexity index is 579. The SMILES string of the molecule is C=C1CCC(C)(C=O)CCC2C(=CC=CC(C)(C)O)COC(=O)C12. The summed E-state index contributed by atoms with van der Waals surface area (Å²) in [6.45, 7) is 9.76. The van der Waals surface area contributed by atoms with Crippen molar-refractivity contribution >= 4 is 12.3 Å². The minimum absolute atomic E-state index is 0.0183. The molecule has 2 fully saturated rings. The average molecular weight is 332 g/mol. The third kappa shape index (κ3) is 4.44. The maximum absolute atomic E-state index is 12.3. The van der Waals surface area contributed by atoms with Crippen molar-refractivity contribution in [2.24, 2.45) is 17.3 Å². The van der Waals surface area contributed by atoms with E-state index in [-0.39, 0.29) is 29.8 Å². The molecule has 0 amide bonds. The molecule has 1 aliphatic heterocycles. The van der Waals surface area contributed by atoms with Crippen molar-refractivity contribution in [2.45, 2.75) is 52.1 Å². The molecule has 0 aromatic heterocycles. The lowest BCUT2D eigenvalue weighted by Gasteiger charge is -2.38. The van der Waals surface area contributed by atoms with Crippen molar-refractivity contribution in [1.29, 1.82) is 0 Å². The Morgan fingerprint density at radius 2 is 2.08 bits per heavy atom. The van der Waals surface area contributed by atoms with Gasteiger partial charge in [0.25, 0.3) is 0 Å². The number of carbonyl (C=O) groups excluding carboxylic acids is 2. The minimum Gasteiger partial charge on any atom is -0.461 e. The summed E-state index contributed by atoms with van der Waals surface area (Å²) in [7, 11) is 0. The van der Waals surface area contributed by atoms with Crippen LogP contribution in [0, 0.1) is 17.3 Å². The van der Waals surface area contributed by atoms with Gasteiger partial charge in [-0.05, 0) is 45.1 Å². The Kier molecular flexibility index (Phi) is 5.49. The van der Waals surface area contributed by atoms with Gasteiger partial charge in [0.2, 0.25) is 0 Å². The van der Waals surface area contributed by atoms with Crippen LogP contribution in [-0.2, 0) is 14.3 Å². The largest absolute Gasteiger partial charge is 0.461 e. The standard InChI is InChI=1S/C20H28O4/c1-14-7-10-20(4,13-21)11-8-16-15(6-5-9-19(2,3)23)12-24-18(22)17(14)16/h5-6,9,13,16-17,23H,1,7-8,10-12H2,2-4H3. The van der Waals surface area contributed by atoms with Crippen LogP contribution in [0.1, 0.15) is 46.5 Å². The number of carbonyl (C=O) groups is 2. The lowest BCUT2D eigenvalue weighted by atomic mass is 9.68. The number of rotatable bonds is 3. The summed E-state index contributed by atoms with van der Waals surface area (Å²) < 4.78 is 5.35. The molecule has 1 saturated carbocycles. The van der Waals surface area contributed by atoms with Crippen LogP contribution in [0.4, 0.5) is 0 Å². The maximum atomic E-state index is 12.3. The molecule has 1 heterocycles. The minimum atomic E-state index is -0.886. The fourth-order valence-electron chi connectivity index (χ4n) is 3.44. The summed E-state index contributed by atoms with van der Waals surface area (Å²) in [5.74, 6) is -0.509. The number of cyclic esters (lactones) is 1. The van der Waals surface area contributed by atoms with E-state index < -0.39 is 5.60 Å². The summed E-state index contributed by atoms with van der Waals surface area (Å²) in [6.07, 6.45) is 9.39. The molecule has 3 atom stereocenters. The van der Waals surface area contributed by atoms with Crippen molar-refractivity contribution in [3.63, 3.8) is 0 Å². The third-order valence-corrected chi connectivity index (χ3v) is 5.10. The van der Waals surface area contributed by atoms with E-state index in [4.69, 9.17) is 4.74 Å². The highest BCUT2D eigenvalue weighted by molar-refractivity contribution is 5.78. The van der Waals surface area contributed by atoms with Crippen LogP contribution >= 0.6 is 0 Å². The van der Waals surface area contributed by atoms with Crippen molar-refractivity contribution in [1.82, 2.24) is 0 Å². The highest BCUT2D eigenvalue weighted by Crippen LogP contribution is 2.43. The van der Waals surface area contributed by atoms with Crippen LogP contribution in [-0.4, -0.2) is 29.6 Å². The number of fused-ring (bicyclic) bond motifs is 1. The normalized spacial score (nSPS) is 33.8. The first-order valence-electron chi connectivity index (χ1n) is 8.56. The summed E-state index contributed by atoms with van der Waals surface area (Å²) in [6, 6.07) is 0. The van der Waals surface area contributed by atoms with Crippen molar-refractivity contribution in [2.75, 3.05) is 6.61 Å². The van der Waals surface area contributed by atoms with E-state index in [0.717, 1.165) is 36.7 Å². The van der Waals surface area contributed by atoms with Crippen LogP contribution in [0.2, 0.25) is 0 Å². The molecular weight excluding hydrogens is 304 g/mol. The smallest absolute Gasteiger partial charge is 0.313 e. The van der Waals surface area contributed by atoms with Gasteiger partial charge in [-0.2, -0.15) is 0 Å². The van der Waals surface area contributed by atoms with E-state index in [1.165, 1.54) is 0 Å². The zero-order valence-electron chi connectivity index (χ0n) is 14.9. The van der Waals surface area contributed by atoms with Gasteiger partial charge in [0.05, 0.1) is 11.5 Å². The molecule has 24 heavy (non-hydrogen) atoms. The molecule has 132 valence electrons. The Morgan fingerprint density at radius 1 is 1.38 bits per heavy atom. The molecule has 2 rings (SSSR count). The number of hydrogen-bond donors (Lipinski definition) is 1. The fraction of sp³-hybridized carbons (Fsp3) is 0.600. The highest BCUT2D eigenvalue weighted by Gasteiger charge is 2.41. The molecule has 0 spiro atoms. The van der Waals surface area contributed by atoms with Gasteiger partial charge < -0.3 is 14.6 Å². The van der Waals surface area contributed by atoms with Crippen molar-refractivity contribution < 1.29 is 19.4 Å². The number of aldehydes is 1. The zero-order chi connectivity index (χ0) is 18.0. The first-order valence-corrected chi connectivity index (χ1v) is 8.56. The molecule has 0 bridgehead atoms. The molecule has 0 aromatic carbocycles. The molecular formula is C20H28O4. The van der Waals surface area contributed by atoms with Crippen LogP contribution in [0.15, 0.2) is 36.0 Å². The van der Waals surface area contributed by atoms with E-state index in [2.05, 4.69) is 6.58 Å². The second-order valence-electron chi connectivity index (χ2n) is 7.92. The topological polar surface area (TPSA) is 63.6 Å². The Hall–Kier alpha value is -1.68. The van der Waals surface area contributed by atoms with Gasteiger partial charge in [0.1, 0.15) is 12.9 Å². The average Bonchev–Trinajstić information content (AvgIpc) is 2.49. The Balaban J connectivity index is 2.30. The van der Waals surface area contributed by atoms with Crippen LogP contribution < -0.4 is 0 Å². The number of aliphatic hydroxyl groups is 1. The predicted octanol–water partition coefficient (Wildman–Crippen LogP) is 3.36. The summed E-state index contributed by atoms with van der Waals surface area (Å²) in [4.78, 5) is 23.7. The van der Waals surface area contributed by atoms with Crippen LogP contribution in [0.3, 0.4) is 0 Å². The van der Waals surface area contributed by atoms with Crippen molar-refractivity contribution in [3.05, 3.63) is 36.0 Å². The molecule has 0 aromatic rings. The highest BCUT2D eigenvalue weighted by atomic mass is 16.5. The van der Waals surface area contributed by atoms with Crippen LogP contribution in [0.5, 0.6) is 0 Å². The van der Waals surface area contributed by atoms with Crippen molar-refractivity contribution in [3.8, 4) is 0 Å². The lowest BCUT2D eigenvalue weighted by Crippen LogP contribution is -2.38. The number of ether oxygens (including phenoxy) is 1. The van der Waals surface area contributed by atoms with Crippen LogP contribution in [0.25, 0.3) is 0 Å². The molecule has 3 unspecified atom stereocenters. The number of hydrogen-bond acceptors (Lipinski definition) is 4. The first-order chi connectivity index (χ1) is 11.2. The second-order valence-corrected chi connectivity index (χ2v) is 7.92. The molecule has 1 saturated heterocycles. The van der Waals surface area contributed by atoms with Gasteiger partial charge in [-0.1, -0.05) is 37.3 Å². The lowest BCUT2D eigenvalue weighted by molar-refractivity contribution is -0.151. The van der Waals surface area contributed by atoms with E-state index in [0.29, 0.717) is 6.42 Å². The third-order valence-electron chi connectivity index (χ3n) is 5.10. The first kappa shape index (κ1) is 18.7. The molecule has 4 heteroatoms. The molecule has 0 radical (unpaired) electrons. The van der Waals surface area contributed by atoms with E-state index in [9.17, 15) is 14.7 Å². The maximum Gasteiger partial charge on any atom is 0.313 e. The van der Waals surface area contributed by atoms with Gasteiger partial charge in [-0.25, -0.2) is 0 Å². The van der Waals surface area contributed by atoms with E-state index >= 15 is 0 Å². The van der Waals surface area contributed by atoms with E-state index in [1.807, 2.05) is 19.1 Å². The monoisotopic (exact) mass is 332 g/mol. The molecule has 1 aliphatic carbocycles. The molecule has 2 aliphatic rings. The van der Waals surface area contributed by atoms with Gasteiger partial charge >= 0.3 is 5.97 Å². The Morgan fingerprint density at radius 3 is 2.71 bits per heavy atom. The molecule has 4 nitrogen and oxygen atoms in total. The zero-order valence-corrected chi connectivity index (χ0v) is 14.9. The molecule has 1 N–H and O–H groups in total. The quantitative estimate of drug-likeness (QED) is 0.489. The summed E-state index contributed by atoms with van der Waals surface area (Å²) in [5, 5.41) is 9.79. The predicted molar refractivity (Wildman–Crippen MR) is 93.2 cm³/mol. The number of esters is 1. The second kappa shape index (κ2) is 7.06. The van der Waals surface area contributed by atoms with Gasteiger partial charge in [0, 0.05) is 11.3 Å². The summed E-state index contributed by atoms with van der Waals surface area (Å²) >= 11 is 0.